The van der Waals surface area contributed by atoms with Gasteiger partial charge < -0.3 is 40.2 Å². The number of benzene rings is 2. The lowest BCUT2D eigenvalue weighted by Gasteiger charge is -2.39. The number of anilines is 1. The molecule has 16 nitrogen and oxygen atoms in total. The molecule has 4 N–H and O–H groups in total. The van der Waals surface area contributed by atoms with Crippen molar-refractivity contribution in [2.24, 2.45) is 16.5 Å². The Kier molecular flexibility index (Phi) is 12.5. The Morgan fingerprint density at radius 2 is 1.54 bits per heavy atom. The van der Waals surface area contributed by atoms with Crippen molar-refractivity contribution >= 4 is 69.9 Å². The van der Waals surface area contributed by atoms with E-state index in [1.807, 2.05) is 24.3 Å². The van der Waals surface area contributed by atoms with Gasteiger partial charge in [-0.1, -0.05) is 23.7 Å². The fourth-order valence-electron chi connectivity index (χ4n) is 5.47. The molecule has 17 heteroatoms. The molecule has 0 saturated carbocycles. The van der Waals surface area contributed by atoms with Gasteiger partial charge in [-0.3, -0.25) is 24.0 Å². The van der Waals surface area contributed by atoms with Gasteiger partial charge in [0.15, 0.2) is 12.1 Å². The fraction of sp³-hybridized carbons (Fsp3) is 0.394. The number of carbonyl (C=O) groups excluding carboxylic acids is 5. The minimum Gasteiger partial charge on any atom is -0.466 e. The number of ether oxygens (including phenoxy) is 4. The third-order valence-electron chi connectivity index (χ3n) is 7.48. The molecule has 0 radical (unpaired) electrons. The maximum Gasteiger partial charge on any atom is 0.303 e. The number of hydrogen-bond donors (Lipinski definition) is 2. The molecule has 0 aliphatic carbocycles. The highest BCUT2D eigenvalue weighted by atomic mass is 35.5. The van der Waals surface area contributed by atoms with Gasteiger partial charge in [-0.2, -0.15) is 4.99 Å². The minimum absolute atomic E-state index is 0.0871. The van der Waals surface area contributed by atoms with Crippen molar-refractivity contribution in [3.05, 3.63) is 47.5 Å². The van der Waals surface area contributed by atoms with Gasteiger partial charge in [0.1, 0.15) is 6.10 Å². The summed E-state index contributed by atoms with van der Waals surface area (Å²) in [5.41, 5.74) is 13.9. The van der Waals surface area contributed by atoms with E-state index in [-0.39, 0.29) is 38.0 Å². The number of guanidine groups is 1. The van der Waals surface area contributed by atoms with Crippen LogP contribution in [0.5, 0.6) is 0 Å². The number of hydrogen-bond acceptors (Lipinski definition) is 13. The number of amides is 1. The molecular formula is C33H38ClN7O9. The second kappa shape index (κ2) is 16.7. The molecule has 3 unspecified atom stereocenters. The smallest absolute Gasteiger partial charge is 0.303 e. The summed E-state index contributed by atoms with van der Waals surface area (Å²) in [6, 6.07) is 12.8. The first-order valence-electron chi connectivity index (χ1n) is 15.6. The van der Waals surface area contributed by atoms with Crippen LogP contribution in [0.2, 0.25) is 5.02 Å². The highest BCUT2D eigenvalue weighted by Crippen LogP contribution is 2.32. The van der Waals surface area contributed by atoms with Crippen molar-refractivity contribution in [3.8, 4) is 11.3 Å². The minimum atomic E-state index is -1.65. The van der Waals surface area contributed by atoms with Crippen LogP contribution in [0.15, 0.2) is 47.5 Å². The maximum absolute atomic E-state index is 13.9. The van der Waals surface area contributed by atoms with Crippen molar-refractivity contribution in [2.75, 3.05) is 37.7 Å². The number of esters is 4. The Labute approximate surface area is 292 Å². The molecule has 1 aliphatic rings. The molecule has 1 amide bonds. The van der Waals surface area contributed by atoms with E-state index < -0.39 is 48.1 Å². The zero-order chi connectivity index (χ0) is 36.5. The summed E-state index contributed by atoms with van der Waals surface area (Å²) in [6.45, 7) is 5.51. The molecule has 4 rings (SSSR count). The Bertz CT molecular complexity index is 1790. The standard InChI is InChI=1S/C33H38ClN7O9/c1-18(42)47-15-10-27(48-19(2)43)29(49-20(3)44)30(50-21(4)45)31(46)41-13-11-40(12-14-41)24-7-5-6-22(16-24)28-25-17-23(34)8-9-26(25)37-33(38-28)39-32(35)36/h5-9,16-17,27,29-30H,10-15H2,1-4H3,(H4,35,36,37,38,39). The molecule has 1 aliphatic heterocycles. The van der Waals surface area contributed by atoms with E-state index in [4.69, 9.17) is 42.0 Å². The first-order valence-corrected chi connectivity index (χ1v) is 16.0. The van der Waals surface area contributed by atoms with Gasteiger partial charge in [0.2, 0.25) is 6.10 Å². The van der Waals surface area contributed by atoms with E-state index in [0.29, 0.717) is 34.7 Å². The van der Waals surface area contributed by atoms with Crippen LogP contribution in [0.25, 0.3) is 22.2 Å². The van der Waals surface area contributed by atoms with Gasteiger partial charge in [-0.05, 0) is 30.3 Å². The summed E-state index contributed by atoms with van der Waals surface area (Å²) in [6.07, 6.45) is -4.57. The number of fused-ring (bicyclic) bond motifs is 1. The first kappa shape index (κ1) is 37.3. The van der Waals surface area contributed by atoms with Crippen LogP contribution in [0, 0.1) is 0 Å². The lowest BCUT2D eigenvalue weighted by molar-refractivity contribution is -0.190. The van der Waals surface area contributed by atoms with Gasteiger partial charge in [0.25, 0.3) is 11.9 Å². The summed E-state index contributed by atoms with van der Waals surface area (Å²) < 4.78 is 21.2. The van der Waals surface area contributed by atoms with Crippen LogP contribution in [-0.4, -0.2) is 102 Å². The van der Waals surface area contributed by atoms with Crippen molar-refractivity contribution in [2.45, 2.75) is 52.4 Å². The molecule has 3 atom stereocenters. The lowest BCUT2D eigenvalue weighted by atomic mass is 10.0. The number of nitrogens with zero attached hydrogens (tertiary/aromatic N) is 5. The van der Waals surface area contributed by atoms with Crippen LogP contribution >= 0.6 is 11.6 Å². The van der Waals surface area contributed by atoms with Crippen LogP contribution in [0.4, 0.5) is 11.6 Å². The molecule has 3 aromatic rings. The van der Waals surface area contributed by atoms with E-state index >= 15 is 0 Å². The van der Waals surface area contributed by atoms with Crippen molar-refractivity contribution in [3.63, 3.8) is 0 Å². The number of aliphatic imine (C=N–C) groups is 1. The molecule has 0 bridgehead atoms. The average Bonchev–Trinajstić information content (AvgIpc) is 3.04. The number of rotatable bonds is 12. The van der Waals surface area contributed by atoms with Gasteiger partial charge >= 0.3 is 23.9 Å². The van der Waals surface area contributed by atoms with Crippen LogP contribution in [-0.2, 0) is 42.9 Å². The van der Waals surface area contributed by atoms with E-state index in [2.05, 4.69) is 19.9 Å². The number of carbonyl (C=O) groups is 5. The van der Waals surface area contributed by atoms with Gasteiger partial charge in [0.05, 0.1) is 17.8 Å². The summed E-state index contributed by atoms with van der Waals surface area (Å²) in [4.78, 5) is 78.2. The zero-order valence-corrected chi connectivity index (χ0v) is 28.7. The van der Waals surface area contributed by atoms with E-state index in [1.165, 1.54) is 11.8 Å². The SMILES string of the molecule is CC(=O)OCCC(OC(C)=O)C(OC(C)=O)C(OC(C)=O)C(=O)N1CCN(c2cccc(-c3nc(N=C(N)N)nc4ccc(Cl)cc34)c2)CC1. The summed E-state index contributed by atoms with van der Waals surface area (Å²) in [5.74, 6) is -3.71. The molecule has 1 saturated heterocycles. The molecule has 0 spiro atoms. The predicted octanol–water partition coefficient (Wildman–Crippen LogP) is 2.25. The van der Waals surface area contributed by atoms with Crippen LogP contribution in [0.1, 0.15) is 34.1 Å². The Balaban J connectivity index is 1.58. The van der Waals surface area contributed by atoms with Gasteiger partial charge in [-0.25, -0.2) is 9.97 Å². The number of nitrogens with two attached hydrogens (primary N) is 2. The Morgan fingerprint density at radius 3 is 2.16 bits per heavy atom. The molecule has 2 heterocycles. The third kappa shape index (κ3) is 10.0. The zero-order valence-electron chi connectivity index (χ0n) is 28.0. The topological polar surface area (TPSA) is 219 Å². The van der Waals surface area contributed by atoms with E-state index in [1.54, 1.807) is 18.2 Å². The van der Waals surface area contributed by atoms with Gasteiger partial charge in [-0.15, -0.1) is 0 Å². The molecule has 50 heavy (non-hydrogen) atoms. The molecule has 1 aromatic heterocycles. The predicted molar refractivity (Wildman–Crippen MR) is 182 cm³/mol. The Morgan fingerprint density at radius 1 is 0.860 bits per heavy atom. The number of halogens is 1. The van der Waals surface area contributed by atoms with Crippen molar-refractivity contribution in [1.29, 1.82) is 0 Å². The van der Waals surface area contributed by atoms with E-state index in [9.17, 15) is 24.0 Å². The fourth-order valence-corrected chi connectivity index (χ4v) is 5.64. The van der Waals surface area contributed by atoms with Crippen molar-refractivity contribution < 1.29 is 42.9 Å². The third-order valence-corrected chi connectivity index (χ3v) is 7.71. The van der Waals surface area contributed by atoms with Crippen molar-refractivity contribution in [1.82, 2.24) is 14.9 Å². The second-order valence-corrected chi connectivity index (χ2v) is 11.8. The molecule has 266 valence electrons. The largest absolute Gasteiger partial charge is 0.466 e. The monoisotopic (exact) mass is 711 g/mol. The molecular weight excluding hydrogens is 674 g/mol. The molecule has 2 aromatic carbocycles. The summed E-state index contributed by atoms with van der Waals surface area (Å²) in [7, 11) is 0. The maximum atomic E-state index is 13.9. The lowest BCUT2D eigenvalue weighted by Crippen LogP contribution is -2.57. The second-order valence-electron chi connectivity index (χ2n) is 11.3. The Hall–Kier alpha value is -5.51. The summed E-state index contributed by atoms with van der Waals surface area (Å²) in [5, 5.41) is 1.19. The molecule has 1 fully saturated rings. The highest BCUT2D eigenvalue weighted by Gasteiger charge is 2.43. The van der Waals surface area contributed by atoms with Crippen LogP contribution < -0.4 is 16.4 Å². The van der Waals surface area contributed by atoms with E-state index in [0.717, 1.165) is 32.0 Å². The van der Waals surface area contributed by atoms with Gasteiger partial charge in [0, 0.05) is 82.0 Å². The van der Waals surface area contributed by atoms with Crippen LogP contribution in [0.3, 0.4) is 0 Å². The highest BCUT2D eigenvalue weighted by molar-refractivity contribution is 6.31. The number of piperazine rings is 1. The summed E-state index contributed by atoms with van der Waals surface area (Å²) >= 11 is 6.31. The average molecular weight is 712 g/mol. The quantitative estimate of drug-likeness (QED) is 0.119. The number of aromatic nitrogens is 2. The normalized spacial score (nSPS) is 14.6. The first-order chi connectivity index (χ1) is 23.7.